The van der Waals surface area contributed by atoms with Crippen molar-refractivity contribution in [2.45, 2.75) is 13.8 Å². The van der Waals surface area contributed by atoms with Gasteiger partial charge in [0.15, 0.2) is 0 Å². The molecule has 0 atom stereocenters. The molecule has 1 aliphatic heterocycles. The highest BCUT2D eigenvalue weighted by atomic mass is 16.4. The second kappa shape index (κ2) is 6.52. The van der Waals surface area contributed by atoms with Crippen LogP contribution >= 0.6 is 0 Å². The van der Waals surface area contributed by atoms with Gasteiger partial charge in [0.1, 0.15) is 5.82 Å². The van der Waals surface area contributed by atoms with Gasteiger partial charge in [-0.15, -0.1) is 0 Å². The van der Waals surface area contributed by atoms with Gasteiger partial charge in [-0.3, -0.25) is 0 Å². The minimum atomic E-state index is -0.942. The van der Waals surface area contributed by atoms with Gasteiger partial charge in [-0.05, 0) is 36.7 Å². The number of aliphatic carboxylic acids is 1. The van der Waals surface area contributed by atoms with Crippen LogP contribution in [0.25, 0.3) is 6.08 Å². The van der Waals surface area contributed by atoms with E-state index in [-0.39, 0.29) is 0 Å². The van der Waals surface area contributed by atoms with Crippen molar-refractivity contribution in [2.75, 3.05) is 37.6 Å². The lowest BCUT2D eigenvalue weighted by molar-refractivity contribution is -0.131. The molecule has 20 heavy (non-hydrogen) atoms. The van der Waals surface area contributed by atoms with Crippen molar-refractivity contribution in [3.63, 3.8) is 0 Å². The van der Waals surface area contributed by atoms with Gasteiger partial charge in [-0.25, -0.2) is 9.78 Å². The molecule has 1 saturated heterocycles. The van der Waals surface area contributed by atoms with Crippen LogP contribution in [0.4, 0.5) is 5.82 Å². The number of aromatic nitrogens is 1. The van der Waals surface area contributed by atoms with Gasteiger partial charge in [0.05, 0.1) is 0 Å². The fourth-order valence-electron chi connectivity index (χ4n) is 2.45. The first-order chi connectivity index (χ1) is 9.60. The van der Waals surface area contributed by atoms with Gasteiger partial charge in [-0.1, -0.05) is 6.92 Å². The number of hydrogen-bond acceptors (Lipinski definition) is 4. The lowest BCUT2D eigenvalue weighted by Gasteiger charge is -2.35. The summed E-state index contributed by atoms with van der Waals surface area (Å²) in [5.74, 6) is 0.0654. The van der Waals surface area contributed by atoms with E-state index in [0.717, 1.165) is 55.7 Å². The first-order valence-corrected chi connectivity index (χ1v) is 6.95. The summed E-state index contributed by atoms with van der Waals surface area (Å²) in [4.78, 5) is 19.7. The Morgan fingerprint density at radius 2 is 2.10 bits per heavy atom. The molecule has 2 heterocycles. The number of carboxylic acids is 1. The Kier molecular flexibility index (Phi) is 4.74. The molecule has 2 rings (SSSR count). The molecule has 0 aliphatic carbocycles. The van der Waals surface area contributed by atoms with Gasteiger partial charge in [-0.2, -0.15) is 0 Å². The van der Waals surface area contributed by atoms with Crippen molar-refractivity contribution >= 4 is 17.9 Å². The number of hydrogen-bond donors (Lipinski definition) is 1. The van der Waals surface area contributed by atoms with E-state index >= 15 is 0 Å². The average Bonchev–Trinajstić information content (AvgIpc) is 2.45. The quantitative estimate of drug-likeness (QED) is 0.846. The van der Waals surface area contributed by atoms with Crippen LogP contribution < -0.4 is 4.90 Å². The molecular formula is C15H21N3O2. The van der Waals surface area contributed by atoms with E-state index in [0.29, 0.717) is 0 Å². The molecule has 0 aromatic carbocycles. The molecule has 1 aromatic heterocycles. The molecule has 0 bridgehead atoms. The van der Waals surface area contributed by atoms with Gasteiger partial charge in [0.25, 0.3) is 0 Å². The number of likely N-dealkylation sites (N-methyl/N-ethyl adjacent to an activating group) is 1. The molecule has 0 radical (unpaired) electrons. The van der Waals surface area contributed by atoms with E-state index in [1.165, 1.54) is 0 Å². The first kappa shape index (κ1) is 14.5. The Hall–Kier alpha value is -1.88. The number of anilines is 1. The highest BCUT2D eigenvalue weighted by molar-refractivity contribution is 5.85. The van der Waals surface area contributed by atoms with E-state index in [1.807, 2.05) is 13.0 Å². The zero-order chi connectivity index (χ0) is 14.5. The number of rotatable bonds is 4. The molecule has 1 aliphatic rings. The second-order valence-electron chi connectivity index (χ2n) is 5.00. The lowest BCUT2D eigenvalue weighted by Crippen LogP contribution is -2.46. The summed E-state index contributed by atoms with van der Waals surface area (Å²) in [5, 5.41) is 8.63. The van der Waals surface area contributed by atoms with Crippen molar-refractivity contribution in [1.82, 2.24) is 9.88 Å². The minimum Gasteiger partial charge on any atom is -0.478 e. The number of carboxylic acid groups (broad SMARTS) is 1. The van der Waals surface area contributed by atoms with Crippen molar-refractivity contribution in [2.24, 2.45) is 0 Å². The predicted molar refractivity (Wildman–Crippen MR) is 80.0 cm³/mol. The molecule has 5 nitrogen and oxygen atoms in total. The fourth-order valence-corrected chi connectivity index (χ4v) is 2.45. The molecule has 0 amide bonds. The predicted octanol–water partition coefficient (Wildman–Crippen LogP) is 1.63. The summed E-state index contributed by atoms with van der Waals surface area (Å²) in [7, 11) is 0. The third-order valence-electron chi connectivity index (χ3n) is 3.61. The van der Waals surface area contributed by atoms with Crippen LogP contribution in [0, 0.1) is 6.92 Å². The number of aryl methyl sites for hydroxylation is 1. The molecule has 1 N–H and O–H groups in total. The second-order valence-corrected chi connectivity index (χ2v) is 5.00. The monoisotopic (exact) mass is 275 g/mol. The lowest BCUT2D eigenvalue weighted by atomic mass is 10.1. The maximum Gasteiger partial charge on any atom is 0.328 e. The molecule has 5 heteroatoms. The summed E-state index contributed by atoms with van der Waals surface area (Å²) in [5.41, 5.74) is 1.91. The van der Waals surface area contributed by atoms with Crippen molar-refractivity contribution in [1.29, 1.82) is 0 Å². The summed E-state index contributed by atoms with van der Waals surface area (Å²) >= 11 is 0. The van der Waals surface area contributed by atoms with Crippen LogP contribution in [0.1, 0.15) is 18.1 Å². The molecule has 0 unspecified atom stereocenters. The summed E-state index contributed by atoms with van der Waals surface area (Å²) in [6, 6.07) is 1.98. The molecule has 108 valence electrons. The van der Waals surface area contributed by atoms with Crippen molar-refractivity contribution in [3.05, 3.63) is 29.5 Å². The highest BCUT2D eigenvalue weighted by Crippen LogP contribution is 2.20. The molecule has 1 aromatic rings. The number of pyridine rings is 1. The van der Waals surface area contributed by atoms with Gasteiger partial charge in [0, 0.05) is 38.5 Å². The van der Waals surface area contributed by atoms with E-state index in [2.05, 4.69) is 21.7 Å². The maximum atomic E-state index is 10.5. The van der Waals surface area contributed by atoms with E-state index in [9.17, 15) is 4.79 Å². The summed E-state index contributed by atoms with van der Waals surface area (Å²) in [6.07, 6.45) is 4.44. The van der Waals surface area contributed by atoms with Crippen LogP contribution in [-0.4, -0.2) is 53.7 Å². The van der Waals surface area contributed by atoms with Crippen LogP contribution in [0.2, 0.25) is 0 Å². The third kappa shape index (κ3) is 3.57. The standard InChI is InChI=1S/C15H21N3O2/c1-3-17-6-8-18(9-7-17)15-12(2)10-13(11-16-15)4-5-14(19)20/h4-5,10-11H,3,6-9H2,1-2H3,(H,19,20)/b5-4+. The van der Waals surface area contributed by atoms with Crippen LogP contribution in [0.5, 0.6) is 0 Å². The Morgan fingerprint density at radius 1 is 1.40 bits per heavy atom. The van der Waals surface area contributed by atoms with Gasteiger partial charge < -0.3 is 14.9 Å². The molecular weight excluding hydrogens is 254 g/mol. The number of carbonyl (C=O) groups is 1. The largest absolute Gasteiger partial charge is 0.478 e. The SMILES string of the molecule is CCN1CCN(c2ncc(/C=C/C(=O)O)cc2C)CC1. The Labute approximate surface area is 119 Å². The Bertz CT molecular complexity index is 506. The fraction of sp³-hybridized carbons (Fsp3) is 0.467. The molecule has 0 spiro atoms. The smallest absolute Gasteiger partial charge is 0.328 e. The van der Waals surface area contributed by atoms with E-state index in [1.54, 1.807) is 12.3 Å². The maximum absolute atomic E-state index is 10.5. The average molecular weight is 275 g/mol. The number of nitrogens with zero attached hydrogens (tertiary/aromatic N) is 3. The van der Waals surface area contributed by atoms with Gasteiger partial charge in [0.2, 0.25) is 0 Å². The highest BCUT2D eigenvalue weighted by Gasteiger charge is 2.18. The summed E-state index contributed by atoms with van der Waals surface area (Å²) in [6.45, 7) is 9.42. The summed E-state index contributed by atoms with van der Waals surface area (Å²) < 4.78 is 0. The van der Waals surface area contributed by atoms with Crippen LogP contribution in [-0.2, 0) is 4.79 Å². The van der Waals surface area contributed by atoms with Gasteiger partial charge >= 0.3 is 5.97 Å². The van der Waals surface area contributed by atoms with E-state index < -0.39 is 5.97 Å². The molecule has 0 saturated carbocycles. The molecule has 1 fully saturated rings. The van der Waals surface area contributed by atoms with Crippen LogP contribution in [0.15, 0.2) is 18.3 Å². The number of piperazine rings is 1. The zero-order valence-electron chi connectivity index (χ0n) is 12.0. The topological polar surface area (TPSA) is 56.7 Å². The van der Waals surface area contributed by atoms with Crippen molar-refractivity contribution < 1.29 is 9.90 Å². The minimum absolute atomic E-state index is 0.820. The zero-order valence-corrected chi connectivity index (χ0v) is 12.0. The first-order valence-electron chi connectivity index (χ1n) is 6.95. The normalized spacial score (nSPS) is 16.8. The van der Waals surface area contributed by atoms with Crippen LogP contribution in [0.3, 0.4) is 0 Å². The Morgan fingerprint density at radius 3 is 2.65 bits per heavy atom. The third-order valence-corrected chi connectivity index (χ3v) is 3.61. The Balaban J connectivity index is 2.08. The van der Waals surface area contributed by atoms with Crippen molar-refractivity contribution in [3.8, 4) is 0 Å². The van der Waals surface area contributed by atoms with E-state index in [4.69, 9.17) is 5.11 Å².